The van der Waals surface area contributed by atoms with E-state index in [4.69, 9.17) is 15.5 Å². The van der Waals surface area contributed by atoms with Gasteiger partial charge in [0.1, 0.15) is 24.3 Å². The normalized spacial score (nSPS) is 16.2. The van der Waals surface area contributed by atoms with Crippen molar-refractivity contribution in [2.75, 3.05) is 0 Å². The maximum Gasteiger partial charge on any atom is 0.130 e. The highest BCUT2D eigenvalue weighted by Gasteiger charge is 2.25. The molecule has 2 aromatic carbocycles. The molecular weight excluding hydrogens is 355 g/mol. The first-order valence-corrected chi connectivity index (χ1v) is 9.86. The van der Waals surface area contributed by atoms with E-state index in [1.54, 1.807) is 6.07 Å². The molecule has 0 amide bonds. The molecule has 0 radical (unpaired) electrons. The van der Waals surface area contributed by atoms with Crippen LogP contribution in [0.5, 0.6) is 5.75 Å². The quantitative estimate of drug-likeness (QED) is 0.577. The first-order valence-electron chi connectivity index (χ1n) is 9.86. The van der Waals surface area contributed by atoms with Gasteiger partial charge in [0.2, 0.25) is 0 Å². The number of nitrogens with zero attached hydrogens (tertiary/aromatic N) is 1. The molecule has 1 heterocycles. The van der Waals surface area contributed by atoms with Gasteiger partial charge < -0.3 is 4.74 Å². The summed E-state index contributed by atoms with van der Waals surface area (Å²) in [4.78, 5) is 9.84. The number of aromatic nitrogens is 1. The minimum absolute atomic E-state index is 0.0584. The molecule has 4 rings (SSSR count). The summed E-state index contributed by atoms with van der Waals surface area (Å²) in [5.74, 6) is 6.59. The van der Waals surface area contributed by atoms with Crippen LogP contribution in [0, 0.1) is 11.7 Å². The number of pyridine rings is 1. The van der Waals surface area contributed by atoms with Gasteiger partial charge in [-0.25, -0.2) is 15.3 Å². The zero-order valence-corrected chi connectivity index (χ0v) is 15.8. The van der Waals surface area contributed by atoms with Gasteiger partial charge in [-0.15, -0.1) is 0 Å². The molecule has 4 nitrogen and oxygen atoms in total. The molecule has 1 aliphatic carbocycles. The van der Waals surface area contributed by atoms with Crippen LogP contribution in [0.1, 0.15) is 49.5 Å². The van der Waals surface area contributed by atoms with Gasteiger partial charge in [-0.2, -0.15) is 0 Å². The van der Waals surface area contributed by atoms with Crippen molar-refractivity contribution in [1.82, 2.24) is 4.98 Å². The van der Waals surface area contributed by atoms with E-state index in [2.05, 4.69) is 4.98 Å². The van der Waals surface area contributed by atoms with Crippen LogP contribution < -0.4 is 10.6 Å². The maximum atomic E-state index is 13.3. The van der Waals surface area contributed by atoms with E-state index >= 15 is 0 Å². The molecule has 2 N–H and O–H groups in total. The smallest absolute Gasteiger partial charge is 0.130 e. The summed E-state index contributed by atoms with van der Waals surface area (Å²) < 4.78 is 19.1. The van der Waals surface area contributed by atoms with Crippen molar-refractivity contribution in [3.63, 3.8) is 0 Å². The molecule has 1 saturated carbocycles. The summed E-state index contributed by atoms with van der Waals surface area (Å²) in [6.07, 6.45) is 6.07. The molecule has 1 aromatic heterocycles. The van der Waals surface area contributed by atoms with Gasteiger partial charge in [0, 0.05) is 5.39 Å². The molecule has 1 aliphatic rings. The Kier molecular flexibility index (Phi) is 5.84. The van der Waals surface area contributed by atoms with Gasteiger partial charge in [-0.3, -0.25) is 4.84 Å². The van der Waals surface area contributed by atoms with Gasteiger partial charge in [0.25, 0.3) is 0 Å². The van der Waals surface area contributed by atoms with Gasteiger partial charge in [0.05, 0.1) is 11.2 Å². The summed E-state index contributed by atoms with van der Waals surface area (Å²) >= 11 is 0. The van der Waals surface area contributed by atoms with Gasteiger partial charge in [0.15, 0.2) is 0 Å². The number of rotatable bonds is 6. The molecule has 146 valence electrons. The number of hydrogen-bond donors (Lipinski definition) is 1. The number of ether oxygens (including phenoxy) is 1. The summed E-state index contributed by atoms with van der Waals surface area (Å²) in [5, 5.41) is 0.781. The zero-order valence-electron chi connectivity index (χ0n) is 15.8. The summed E-state index contributed by atoms with van der Waals surface area (Å²) in [6, 6.07) is 16.2. The van der Waals surface area contributed by atoms with E-state index in [9.17, 15) is 4.39 Å². The van der Waals surface area contributed by atoms with Crippen LogP contribution in [0.2, 0.25) is 0 Å². The second kappa shape index (κ2) is 8.67. The van der Waals surface area contributed by atoms with Crippen LogP contribution >= 0.6 is 0 Å². The highest BCUT2D eigenvalue weighted by atomic mass is 19.1. The number of halogens is 1. The molecule has 1 unspecified atom stereocenters. The largest absolute Gasteiger partial charge is 0.487 e. The van der Waals surface area contributed by atoms with E-state index in [0.717, 1.165) is 40.8 Å². The Morgan fingerprint density at radius 1 is 1.00 bits per heavy atom. The molecule has 0 aliphatic heterocycles. The molecule has 5 heteroatoms. The minimum Gasteiger partial charge on any atom is -0.487 e. The van der Waals surface area contributed by atoms with Crippen molar-refractivity contribution in [3.05, 3.63) is 71.7 Å². The number of nitrogens with two attached hydrogens (primary N) is 1. The Morgan fingerprint density at radius 2 is 1.79 bits per heavy atom. The van der Waals surface area contributed by atoms with E-state index in [1.807, 2.05) is 36.4 Å². The van der Waals surface area contributed by atoms with Crippen LogP contribution in [-0.4, -0.2) is 4.98 Å². The fourth-order valence-electron chi connectivity index (χ4n) is 4.03. The van der Waals surface area contributed by atoms with Crippen molar-refractivity contribution in [3.8, 4) is 5.75 Å². The van der Waals surface area contributed by atoms with Crippen LogP contribution in [0.25, 0.3) is 10.9 Å². The SMILES string of the molecule is NOC(c1ccc(OCc2ccc3cc(F)ccc3n2)cc1)C1CCCCC1. The number of hydrogen-bond acceptors (Lipinski definition) is 4. The molecule has 3 aromatic rings. The molecule has 0 spiro atoms. The lowest BCUT2D eigenvalue weighted by Gasteiger charge is -2.28. The average molecular weight is 380 g/mol. The Bertz CT molecular complexity index is 924. The molecule has 1 atom stereocenters. The summed E-state index contributed by atoms with van der Waals surface area (Å²) in [5.41, 5.74) is 2.65. The Morgan fingerprint density at radius 3 is 2.54 bits per heavy atom. The Hall–Kier alpha value is -2.50. The van der Waals surface area contributed by atoms with Crippen LogP contribution in [-0.2, 0) is 11.4 Å². The number of fused-ring (bicyclic) bond motifs is 1. The highest BCUT2D eigenvalue weighted by Crippen LogP contribution is 2.36. The lowest BCUT2D eigenvalue weighted by Crippen LogP contribution is -2.21. The van der Waals surface area contributed by atoms with Gasteiger partial charge in [-0.1, -0.05) is 37.5 Å². The molecule has 1 fully saturated rings. The molecule has 28 heavy (non-hydrogen) atoms. The Labute approximate surface area is 164 Å². The average Bonchev–Trinajstić information content (AvgIpc) is 2.74. The standard InChI is InChI=1S/C23H25FN2O2/c24-19-9-13-22-18(14-19)6-10-20(26-22)15-27-21-11-7-17(8-12-21)23(28-25)16-4-2-1-3-5-16/h6-14,16,23H,1-5,15,25H2. The monoisotopic (exact) mass is 380 g/mol. The van der Waals surface area contributed by atoms with E-state index in [0.29, 0.717) is 12.5 Å². The van der Waals surface area contributed by atoms with E-state index in [1.165, 1.54) is 31.4 Å². The molecule has 0 saturated heterocycles. The van der Waals surface area contributed by atoms with Gasteiger partial charge in [-0.05, 0) is 60.7 Å². The predicted molar refractivity (Wildman–Crippen MR) is 107 cm³/mol. The third-order valence-electron chi connectivity index (χ3n) is 5.53. The highest BCUT2D eigenvalue weighted by molar-refractivity contribution is 5.78. The van der Waals surface area contributed by atoms with Gasteiger partial charge >= 0.3 is 0 Å². The van der Waals surface area contributed by atoms with Crippen molar-refractivity contribution in [1.29, 1.82) is 0 Å². The zero-order chi connectivity index (χ0) is 19.3. The van der Waals surface area contributed by atoms with Crippen molar-refractivity contribution >= 4 is 10.9 Å². The van der Waals surface area contributed by atoms with E-state index < -0.39 is 0 Å². The first-order chi connectivity index (χ1) is 13.7. The van der Waals surface area contributed by atoms with Crippen molar-refractivity contribution in [2.45, 2.75) is 44.8 Å². The summed E-state index contributed by atoms with van der Waals surface area (Å²) in [7, 11) is 0. The Balaban J connectivity index is 1.40. The fraction of sp³-hybridized carbons (Fsp3) is 0.348. The first kappa shape index (κ1) is 18.8. The topological polar surface area (TPSA) is 57.4 Å². The third kappa shape index (κ3) is 4.32. The lowest BCUT2D eigenvalue weighted by atomic mass is 9.83. The van der Waals surface area contributed by atoms with Crippen molar-refractivity contribution in [2.24, 2.45) is 11.8 Å². The van der Waals surface area contributed by atoms with Crippen LogP contribution in [0.4, 0.5) is 4.39 Å². The summed E-state index contributed by atoms with van der Waals surface area (Å²) in [6.45, 7) is 0.353. The molecular formula is C23H25FN2O2. The lowest BCUT2D eigenvalue weighted by molar-refractivity contribution is -0.00278. The van der Waals surface area contributed by atoms with Crippen molar-refractivity contribution < 1.29 is 14.0 Å². The third-order valence-corrected chi connectivity index (χ3v) is 5.53. The second-order valence-corrected chi connectivity index (χ2v) is 7.45. The maximum absolute atomic E-state index is 13.3. The fourth-order valence-corrected chi connectivity index (χ4v) is 4.03. The second-order valence-electron chi connectivity index (χ2n) is 7.45. The van der Waals surface area contributed by atoms with E-state index in [-0.39, 0.29) is 11.9 Å². The number of benzene rings is 2. The predicted octanol–water partition coefficient (Wildman–Crippen LogP) is 5.46. The molecule has 0 bridgehead atoms. The van der Waals surface area contributed by atoms with Crippen LogP contribution in [0.15, 0.2) is 54.6 Å². The van der Waals surface area contributed by atoms with Crippen LogP contribution in [0.3, 0.4) is 0 Å². The minimum atomic E-state index is -0.258.